The molecule has 14 rings (SSSR count). The average Bonchev–Trinajstić information content (AvgIpc) is 3.82. The molecule has 0 spiro atoms. The van der Waals surface area contributed by atoms with E-state index in [4.69, 9.17) is 0 Å². The van der Waals surface area contributed by atoms with Crippen LogP contribution in [0, 0.1) is 0 Å². The summed E-state index contributed by atoms with van der Waals surface area (Å²) in [5.41, 5.74) is 10.4. The summed E-state index contributed by atoms with van der Waals surface area (Å²) in [7, 11) is 0. The second-order valence-electron chi connectivity index (χ2n) is 18.8. The van der Waals surface area contributed by atoms with Crippen molar-refractivity contribution >= 4 is 107 Å². The molecule has 5 heteroatoms. The zero-order valence-electron chi connectivity index (χ0n) is 39.0. The molecule has 0 saturated carbocycles. The fraction of sp³-hybridized carbons (Fsp3) is 0. The first-order valence-corrected chi connectivity index (χ1v) is 24.6. The quantitative estimate of drug-likeness (QED) is 0.117. The SMILES string of the molecule is c1ccc(B2N(c3ccccc3)B(c3cccc(-c4ccc5c6ccccc6c6ccccc6c5c4)c3)N(c3ccccc3)N2c2cccc(-c3ccc4c5ccccc5c5ccccc5c4c3)c2)cc1. The molecule has 1 fully saturated rings. The van der Waals surface area contributed by atoms with Gasteiger partial charge in [0.2, 0.25) is 0 Å². The normalized spacial score (nSPS) is 12.9. The Hall–Kier alpha value is -9.05. The molecule has 0 atom stereocenters. The van der Waals surface area contributed by atoms with Crippen LogP contribution in [0.25, 0.3) is 86.9 Å². The number of para-hydroxylation sites is 2. The van der Waals surface area contributed by atoms with E-state index >= 15 is 0 Å². The van der Waals surface area contributed by atoms with Crippen molar-refractivity contribution in [1.82, 2.24) is 0 Å². The van der Waals surface area contributed by atoms with Crippen molar-refractivity contribution in [2.75, 3.05) is 14.6 Å². The number of rotatable bonds is 7. The molecular weight excluding hydrogens is 856 g/mol. The first kappa shape index (κ1) is 41.0. The van der Waals surface area contributed by atoms with Crippen LogP contribution < -0.4 is 25.5 Å². The van der Waals surface area contributed by atoms with Crippen LogP contribution in [-0.2, 0) is 0 Å². The van der Waals surface area contributed by atoms with E-state index in [9.17, 15) is 0 Å². The Labute approximate surface area is 414 Å². The van der Waals surface area contributed by atoms with Gasteiger partial charge in [0.25, 0.3) is 0 Å². The van der Waals surface area contributed by atoms with Crippen molar-refractivity contribution in [2.24, 2.45) is 0 Å². The van der Waals surface area contributed by atoms with Crippen molar-refractivity contribution in [3.05, 3.63) is 273 Å². The van der Waals surface area contributed by atoms with Crippen molar-refractivity contribution in [3.8, 4) is 22.3 Å². The van der Waals surface area contributed by atoms with Crippen molar-refractivity contribution in [2.45, 2.75) is 0 Å². The minimum atomic E-state index is -0.251. The predicted octanol–water partition coefficient (Wildman–Crippen LogP) is 15.5. The van der Waals surface area contributed by atoms with Crippen LogP contribution >= 0.6 is 0 Å². The smallest absolute Gasteiger partial charge is 0.413 e. The number of hydrazine groups is 1. The van der Waals surface area contributed by atoms with Gasteiger partial charge in [0.15, 0.2) is 0 Å². The lowest BCUT2D eigenvalue weighted by Crippen LogP contribution is -2.58. The largest absolute Gasteiger partial charge is 0.419 e. The molecule has 71 heavy (non-hydrogen) atoms. The minimum Gasteiger partial charge on any atom is -0.413 e. The van der Waals surface area contributed by atoms with Gasteiger partial charge >= 0.3 is 14.0 Å². The molecular formula is C66H45B2N3. The number of anilines is 3. The molecule has 0 radical (unpaired) electrons. The van der Waals surface area contributed by atoms with Gasteiger partial charge in [-0.3, -0.25) is 0 Å². The number of nitrogens with zero attached hydrogens (tertiary/aromatic N) is 3. The lowest BCUT2D eigenvalue weighted by molar-refractivity contribution is 1.13. The van der Waals surface area contributed by atoms with Crippen LogP contribution in [0.15, 0.2) is 273 Å². The highest BCUT2D eigenvalue weighted by Gasteiger charge is 2.54. The van der Waals surface area contributed by atoms with E-state index in [1.54, 1.807) is 0 Å². The van der Waals surface area contributed by atoms with Gasteiger partial charge in [-0.2, -0.15) is 0 Å². The van der Waals surface area contributed by atoms with E-state index in [0.29, 0.717) is 0 Å². The van der Waals surface area contributed by atoms with Gasteiger partial charge in [0.05, 0.1) is 0 Å². The molecule has 0 N–H and O–H groups in total. The number of fused-ring (bicyclic) bond motifs is 12. The Morgan fingerprint density at radius 2 is 0.521 bits per heavy atom. The fourth-order valence-corrected chi connectivity index (χ4v) is 11.7. The average molecular weight is 902 g/mol. The zero-order chi connectivity index (χ0) is 46.8. The summed E-state index contributed by atoms with van der Waals surface area (Å²) in [6.45, 7) is -0.478. The maximum absolute atomic E-state index is 2.61. The van der Waals surface area contributed by atoms with E-state index < -0.39 is 0 Å². The molecule has 13 aromatic carbocycles. The lowest BCUT2D eigenvalue weighted by Gasteiger charge is -2.36. The third-order valence-corrected chi connectivity index (χ3v) is 14.8. The van der Waals surface area contributed by atoms with Crippen molar-refractivity contribution in [1.29, 1.82) is 0 Å². The third-order valence-electron chi connectivity index (χ3n) is 14.8. The number of hydrogen-bond donors (Lipinski definition) is 0. The van der Waals surface area contributed by atoms with Gasteiger partial charge in [-0.05, 0) is 146 Å². The standard InChI is InChI=1S/C66H45B2N3/c1-4-22-50(23-5-1)67-69(52-25-6-2-7-26-52)68(51-24-18-20-46(42-51)48-38-40-63-59-34-12-10-30-55(59)57-32-14-16-36-61(57)65(63)44-48)70(53-27-8-3-9-28-53)71(67)54-29-19-21-47(43-54)49-39-41-64-60-35-13-11-31-56(60)58-33-15-17-37-62(58)66(64)45-49/h1-45H. The highest BCUT2D eigenvalue weighted by molar-refractivity contribution is 7.03. The molecule has 0 unspecified atom stereocenters. The van der Waals surface area contributed by atoms with Gasteiger partial charge < -0.3 is 14.6 Å². The molecule has 1 aliphatic rings. The van der Waals surface area contributed by atoms with Crippen LogP contribution in [0.4, 0.5) is 17.1 Å². The summed E-state index contributed by atoms with van der Waals surface area (Å²) < 4.78 is 2.61. The highest BCUT2D eigenvalue weighted by atomic mass is 15.7. The van der Waals surface area contributed by atoms with Crippen molar-refractivity contribution in [3.63, 3.8) is 0 Å². The Morgan fingerprint density at radius 3 is 1.01 bits per heavy atom. The molecule has 0 amide bonds. The van der Waals surface area contributed by atoms with Crippen LogP contribution in [-0.4, -0.2) is 14.0 Å². The van der Waals surface area contributed by atoms with E-state index in [2.05, 4.69) is 288 Å². The van der Waals surface area contributed by atoms with Crippen molar-refractivity contribution < 1.29 is 0 Å². The Morgan fingerprint density at radius 1 is 0.197 bits per heavy atom. The van der Waals surface area contributed by atoms with Crippen LogP contribution in [0.3, 0.4) is 0 Å². The molecule has 1 aliphatic heterocycles. The maximum atomic E-state index is 2.61. The minimum absolute atomic E-state index is 0.227. The van der Waals surface area contributed by atoms with Gasteiger partial charge in [-0.25, -0.2) is 0 Å². The first-order chi connectivity index (χ1) is 35.2. The van der Waals surface area contributed by atoms with E-state index in [-0.39, 0.29) is 14.0 Å². The van der Waals surface area contributed by atoms with E-state index in [1.807, 2.05) is 0 Å². The molecule has 0 aliphatic carbocycles. The topological polar surface area (TPSA) is 9.72 Å². The Kier molecular flexibility index (Phi) is 9.73. The maximum Gasteiger partial charge on any atom is 0.419 e. The monoisotopic (exact) mass is 901 g/mol. The molecule has 13 aromatic rings. The number of hydrogen-bond acceptors (Lipinski definition) is 3. The van der Waals surface area contributed by atoms with Crippen LogP contribution in [0.1, 0.15) is 0 Å². The molecule has 0 aromatic heterocycles. The molecule has 330 valence electrons. The second kappa shape index (κ2) is 16.9. The van der Waals surface area contributed by atoms with Gasteiger partial charge in [-0.15, -0.1) is 0 Å². The summed E-state index contributed by atoms with van der Waals surface area (Å²) in [5.74, 6) is 0. The molecule has 0 bridgehead atoms. The summed E-state index contributed by atoms with van der Waals surface area (Å²) in [5, 5.41) is 15.3. The van der Waals surface area contributed by atoms with Crippen LogP contribution in [0.5, 0.6) is 0 Å². The molecule has 1 saturated heterocycles. The summed E-state index contributed by atoms with van der Waals surface area (Å²) >= 11 is 0. The number of benzene rings is 13. The van der Waals surface area contributed by atoms with Gasteiger partial charge in [0.1, 0.15) is 0 Å². The van der Waals surface area contributed by atoms with Crippen LogP contribution in [0.2, 0.25) is 0 Å². The van der Waals surface area contributed by atoms with Gasteiger partial charge in [0, 0.05) is 17.1 Å². The second-order valence-corrected chi connectivity index (χ2v) is 18.8. The Balaban J connectivity index is 0.968. The fourth-order valence-electron chi connectivity index (χ4n) is 11.7. The summed E-state index contributed by atoms with van der Waals surface area (Å²) in [6, 6.07) is 101. The summed E-state index contributed by atoms with van der Waals surface area (Å²) in [6.07, 6.45) is 0. The highest BCUT2D eigenvalue weighted by Crippen LogP contribution is 2.41. The first-order valence-electron chi connectivity index (χ1n) is 24.6. The molecule has 3 nitrogen and oxygen atoms in total. The van der Waals surface area contributed by atoms with Gasteiger partial charge in [-0.1, -0.05) is 224 Å². The lowest BCUT2D eigenvalue weighted by atomic mass is 9.55. The summed E-state index contributed by atoms with van der Waals surface area (Å²) in [4.78, 5) is 5.07. The molecule has 1 heterocycles. The van der Waals surface area contributed by atoms with E-state index in [0.717, 1.165) is 22.6 Å². The zero-order valence-corrected chi connectivity index (χ0v) is 39.0. The Bertz CT molecular complexity index is 3840. The van der Waals surface area contributed by atoms with E-state index in [1.165, 1.54) is 92.3 Å². The predicted molar refractivity (Wildman–Crippen MR) is 306 cm³/mol. The third kappa shape index (κ3) is 6.76.